The highest BCUT2D eigenvalue weighted by atomic mass is 16.5. The van der Waals surface area contributed by atoms with Crippen LogP contribution < -0.4 is 4.74 Å². The quantitative estimate of drug-likeness (QED) is 0.245. The van der Waals surface area contributed by atoms with Crippen LogP contribution in [-0.2, 0) is 20.7 Å². The zero-order chi connectivity index (χ0) is 19.0. The van der Waals surface area contributed by atoms with Crippen LogP contribution in [0.25, 0.3) is 0 Å². The topological polar surface area (TPSA) is 52.6 Å². The molecule has 4 heteroatoms. The van der Waals surface area contributed by atoms with Gasteiger partial charge in [0.2, 0.25) is 0 Å². The molecular formula is C22H34O4. The number of carbonyl (C=O) groups excluding carboxylic acids is 2. The van der Waals surface area contributed by atoms with Crippen LogP contribution in [0, 0.1) is 0 Å². The number of hydrogen-bond donors (Lipinski definition) is 0. The minimum Gasteiger partial charge on any atom is -0.466 e. The number of ether oxygens (including phenoxy) is 2. The van der Waals surface area contributed by atoms with Crippen molar-refractivity contribution in [2.24, 2.45) is 0 Å². The fraction of sp³-hybridized carbons (Fsp3) is 0.636. The highest BCUT2D eigenvalue weighted by Gasteiger charge is 2.08. The smallest absolute Gasteiger partial charge is 0.311 e. The number of rotatable bonds is 14. The van der Waals surface area contributed by atoms with Crippen molar-refractivity contribution in [3.63, 3.8) is 0 Å². The summed E-state index contributed by atoms with van der Waals surface area (Å²) in [4.78, 5) is 23.4. The molecule has 0 aromatic heterocycles. The summed E-state index contributed by atoms with van der Waals surface area (Å²) >= 11 is 0. The molecule has 0 unspecified atom stereocenters. The molecule has 26 heavy (non-hydrogen) atoms. The van der Waals surface area contributed by atoms with Gasteiger partial charge in [0, 0.05) is 12.8 Å². The first-order chi connectivity index (χ1) is 12.7. The second-order valence-corrected chi connectivity index (χ2v) is 6.63. The Bertz CT molecular complexity index is 525. The first-order valence-electron chi connectivity index (χ1n) is 10.1. The van der Waals surface area contributed by atoms with Crippen LogP contribution in [-0.4, -0.2) is 18.5 Å². The number of benzene rings is 1. The summed E-state index contributed by atoms with van der Waals surface area (Å²) < 4.78 is 10.6. The molecule has 1 rings (SSSR count). The monoisotopic (exact) mass is 362 g/mol. The van der Waals surface area contributed by atoms with Crippen LogP contribution >= 0.6 is 0 Å². The molecule has 0 aliphatic carbocycles. The highest BCUT2D eigenvalue weighted by Crippen LogP contribution is 2.19. The summed E-state index contributed by atoms with van der Waals surface area (Å²) in [5.74, 6) is 0.458. The molecule has 0 bridgehead atoms. The van der Waals surface area contributed by atoms with Gasteiger partial charge in [0.05, 0.1) is 6.61 Å². The first kappa shape index (κ1) is 22.2. The van der Waals surface area contributed by atoms with Crippen molar-refractivity contribution in [3.05, 3.63) is 29.8 Å². The Kier molecular flexibility index (Phi) is 12.2. The van der Waals surface area contributed by atoms with Crippen LogP contribution in [0.1, 0.15) is 83.6 Å². The molecule has 0 saturated heterocycles. The number of aryl methyl sites for hydroxylation is 1. The van der Waals surface area contributed by atoms with Gasteiger partial charge in [-0.25, -0.2) is 0 Å². The maximum absolute atomic E-state index is 11.9. The van der Waals surface area contributed by atoms with Gasteiger partial charge in [-0.3, -0.25) is 9.59 Å². The van der Waals surface area contributed by atoms with Crippen molar-refractivity contribution < 1.29 is 19.1 Å². The number of para-hydroxylation sites is 1. The lowest BCUT2D eigenvalue weighted by atomic mass is 10.1. The third-order valence-corrected chi connectivity index (χ3v) is 4.35. The van der Waals surface area contributed by atoms with Crippen molar-refractivity contribution in [2.45, 2.75) is 84.5 Å². The van der Waals surface area contributed by atoms with E-state index in [-0.39, 0.29) is 11.9 Å². The van der Waals surface area contributed by atoms with Gasteiger partial charge in [0.25, 0.3) is 0 Å². The highest BCUT2D eigenvalue weighted by molar-refractivity contribution is 5.72. The largest absolute Gasteiger partial charge is 0.466 e. The van der Waals surface area contributed by atoms with Crippen LogP contribution in [0.4, 0.5) is 0 Å². The normalized spacial score (nSPS) is 10.5. The van der Waals surface area contributed by atoms with Crippen LogP contribution in [0.15, 0.2) is 24.3 Å². The maximum Gasteiger partial charge on any atom is 0.311 e. The van der Waals surface area contributed by atoms with E-state index in [4.69, 9.17) is 9.47 Å². The zero-order valence-corrected chi connectivity index (χ0v) is 16.4. The lowest BCUT2D eigenvalue weighted by molar-refractivity contribution is -0.144. The van der Waals surface area contributed by atoms with E-state index in [0.29, 0.717) is 25.2 Å². The minimum absolute atomic E-state index is 0.0754. The fourth-order valence-electron chi connectivity index (χ4n) is 2.72. The Morgan fingerprint density at radius 2 is 1.42 bits per heavy atom. The standard InChI is InChI=1S/C22H34O4/c1-3-5-18-25-21(23)16-10-8-6-7-9-11-17-22(24)26-20-15-13-12-14-19(20)4-2/h12-15H,3-11,16-18H2,1-2H3. The number of unbranched alkanes of at least 4 members (excludes halogenated alkanes) is 6. The molecule has 0 saturated carbocycles. The summed E-state index contributed by atoms with van der Waals surface area (Å²) in [7, 11) is 0. The molecule has 0 amide bonds. The Labute approximate surface area is 158 Å². The molecule has 0 aliphatic rings. The predicted octanol–water partition coefficient (Wildman–Crippen LogP) is 5.62. The Hall–Kier alpha value is -1.84. The van der Waals surface area contributed by atoms with E-state index in [0.717, 1.165) is 63.4 Å². The molecule has 4 nitrogen and oxygen atoms in total. The average molecular weight is 363 g/mol. The Morgan fingerprint density at radius 1 is 0.808 bits per heavy atom. The molecule has 0 aliphatic heterocycles. The van der Waals surface area contributed by atoms with Crippen molar-refractivity contribution in [2.75, 3.05) is 6.61 Å². The van der Waals surface area contributed by atoms with Gasteiger partial charge in [0.15, 0.2) is 0 Å². The van der Waals surface area contributed by atoms with E-state index < -0.39 is 0 Å². The van der Waals surface area contributed by atoms with Gasteiger partial charge >= 0.3 is 11.9 Å². The van der Waals surface area contributed by atoms with E-state index in [1.807, 2.05) is 24.3 Å². The van der Waals surface area contributed by atoms with Gasteiger partial charge in [-0.2, -0.15) is 0 Å². The van der Waals surface area contributed by atoms with E-state index >= 15 is 0 Å². The molecule has 146 valence electrons. The molecule has 0 spiro atoms. The molecule has 0 fully saturated rings. The first-order valence-corrected chi connectivity index (χ1v) is 10.1. The van der Waals surface area contributed by atoms with E-state index in [1.54, 1.807) is 0 Å². The third kappa shape index (κ3) is 10.2. The second kappa shape index (κ2) is 14.3. The summed E-state index contributed by atoms with van der Waals surface area (Å²) in [5.41, 5.74) is 1.06. The summed E-state index contributed by atoms with van der Waals surface area (Å²) in [6, 6.07) is 7.69. The number of hydrogen-bond acceptors (Lipinski definition) is 4. The maximum atomic E-state index is 11.9. The van der Waals surface area contributed by atoms with Crippen molar-refractivity contribution >= 4 is 11.9 Å². The van der Waals surface area contributed by atoms with Crippen LogP contribution in [0.3, 0.4) is 0 Å². The third-order valence-electron chi connectivity index (χ3n) is 4.35. The second-order valence-electron chi connectivity index (χ2n) is 6.63. The predicted molar refractivity (Wildman–Crippen MR) is 104 cm³/mol. The van der Waals surface area contributed by atoms with Gasteiger partial charge in [-0.1, -0.05) is 64.2 Å². The summed E-state index contributed by atoms with van der Waals surface area (Å²) in [6.45, 7) is 4.68. The van der Waals surface area contributed by atoms with Gasteiger partial charge in [-0.15, -0.1) is 0 Å². The molecule has 0 atom stereocenters. The van der Waals surface area contributed by atoms with E-state index in [1.165, 1.54) is 0 Å². The van der Waals surface area contributed by atoms with E-state index in [2.05, 4.69) is 13.8 Å². The lowest BCUT2D eigenvalue weighted by Crippen LogP contribution is -2.08. The molecule has 1 aromatic rings. The van der Waals surface area contributed by atoms with Gasteiger partial charge < -0.3 is 9.47 Å². The van der Waals surface area contributed by atoms with Crippen LogP contribution in [0.2, 0.25) is 0 Å². The van der Waals surface area contributed by atoms with Gasteiger partial charge in [-0.05, 0) is 37.3 Å². The molecule has 1 aromatic carbocycles. The number of carbonyl (C=O) groups is 2. The summed E-state index contributed by atoms with van der Waals surface area (Å²) in [6.07, 6.45) is 9.81. The fourth-order valence-corrected chi connectivity index (χ4v) is 2.72. The van der Waals surface area contributed by atoms with E-state index in [9.17, 15) is 9.59 Å². The Balaban J connectivity index is 2.00. The van der Waals surface area contributed by atoms with Crippen molar-refractivity contribution in [1.82, 2.24) is 0 Å². The summed E-state index contributed by atoms with van der Waals surface area (Å²) in [5, 5.41) is 0. The molecular weight excluding hydrogens is 328 g/mol. The van der Waals surface area contributed by atoms with Gasteiger partial charge in [0.1, 0.15) is 5.75 Å². The Morgan fingerprint density at radius 3 is 2.08 bits per heavy atom. The number of esters is 2. The minimum atomic E-state index is -0.152. The van der Waals surface area contributed by atoms with Crippen molar-refractivity contribution in [3.8, 4) is 5.75 Å². The SMILES string of the molecule is CCCCOC(=O)CCCCCCCCC(=O)Oc1ccccc1CC. The molecule has 0 heterocycles. The average Bonchev–Trinajstić information content (AvgIpc) is 2.64. The van der Waals surface area contributed by atoms with Crippen molar-refractivity contribution in [1.29, 1.82) is 0 Å². The lowest BCUT2D eigenvalue weighted by Gasteiger charge is -2.08. The zero-order valence-electron chi connectivity index (χ0n) is 16.4. The van der Waals surface area contributed by atoms with Crippen LogP contribution in [0.5, 0.6) is 5.75 Å². The molecule has 0 N–H and O–H groups in total. The molecule has 0 radical (unpaired) electrons.